The van der Waals surface area contributed by atoms with Crippen LogP contribution >= 0.6 is 0 Å². The third kappa shape index (κ3) is 6.73. The Bertz CT molecular complexity index is 1520. The van der Waals surface area contributed by atoms with Crippen LogP contribution in [0.2, 0.25) is 5.04 Å². The number of hydrogen-bond acceptors (Lipinski definition) is 5. The highest BCUT2D eigenvalue weighted by molar-refractivity contribution is 6.99. The van der Waals surface area contributed by atoms with E-state index in [1.165, 1.54) is 10.4 Å². The first-order valence-electron chi connectivity index (χ1n) is 15.4. The van der Waals surface area contributed by atoms with Crippen molar-refractivity contribution >= 4 is 30.7 Å². The fourth-order valence-corrected chi connectivity index (χ4v) is 11.3. The fraction of sp³-hybridized carbons (Fsp3) is 0.351. The van der Waals surface area contributed by atoms with Crippen molar-refractivity contribution in [2.45, 2.75) is 57.3 Å². The molecule has 0 saturated heterocycles. The summed E-state index contributed by atoms with van der Waals surface area (Å²) in [6.07, 6.45) is 5.03. The van der Waals surface area contributed by atoms with Gasteiger partial charge in [0.05, 0.1) is 31.9 Å². The molecule has 1 aromatic heterocycles. The van der Waals surface area contributed by atoms with Crippen LogP contribution in [0.15, 0.2) is 107 Å². The zero-order valence-electron chi connectivity index (χ0n) is 26.4. The molecule has 5 rings (SSSR count). The highest BCUT2D eigenvalue weighted by atomic mass is 28.4. The number of ether oxygens (including phenoxy) is 1. The molecule has 0 aliphatic heterocycles. The van der Waals surface area contributed by atoms with Gasteiger partial charge in [-0.25, -0.2) is 4.99 Å². The zero-order valence-corrected chi connectivity index (χ0v) is 27.4. The molecule has 0 radical (unpaired) electrons. The van der Waals surface area contributed by atoms with Gasteiger partial charge in [0.1, 0.15) is 11.8 Å². The maximum Gasteiger partial charge on any atom is 0.261 e. The summed E-state index contributed by atoms with van der Waals surface area (Å²) in [5, 5.41) is 12.2. The van der Waals surface area contributed by atoms with Crippen molar-refractivity contribution in [3.63, 3.8) is 0 Å². The van der Waals surface area contributed by atoms with Gasteiger partial charge in [0.25, 0.3) is 8.32 Å². The molecule has 0 bridgehead atoms. The number of aliphatic imine (C=N–C) groups is 1. The molecule has 0 spiro atoms. The van der Waals surface area contributed by atoms with Gasteiger partial charge >= 0.3 is 0 Å². The van der Waals surface area contributed by atoms with Crippen LogP contribution < -0.4 is 10.4 Å². The van der Waals surface area contributed by atoms with Crippen LogP contribution in [-0.2, 0) is 15.8 Å². The van der Waals surface area contributed by atoms with E-state index in [9.17, 15) is 5.26 Å². The summed E-state index contributed by atoms with van der Waals surface area (Å²) >= 11 is 0. The van der Waals surface area contributed by atoms with Crippen molar-refractivity contribution in [2.24, 2.45) is 10.9 Å². The minimum absolute atomic E-state index is 0.0619. The Kier molecular flexibility index (Phi) is 9.85. The molecule has 228 valence electrons. The van der Waals surface area contributed by atoms with Crippen LogP contribution in [0.4, 0.5) is 5.69 Å². The summed E-state index contributed by atoms with van der Waals surface area (Å²) in [5.74, 6) is 0.506. The molecule has 1 aliphatic rings. The first kappa shape index (κ1) is 31.5. The standard InChI is InChI=1S/C37H43N3O3Si/c1-37(2,3)44(31-17-11-7-12-18-31,32-19-13-8-14-20-32)43-34-22-29(21-30(34)25-41-24-28-15-9-6-10-16-28)33-26-42-35(23-38)36(33)39-27-40(4)5/h6-20,26-27,29-30,34H,21-22,24-25H2,1-5H3/b39-27-/t29?,30-,34+/m0/s1. The van der Waals surface area contributed by atoms with E-state index >= 15 is 0 Å². The molecule has 1 fully saturated rings. The lowest BCUT2D eigenvalue weighted by Crippen LogP contribution is -2.68. The van der Waals surface area contributed by atoms with E-state index in [-0.39, 0.29) is 28.7 Å². The minimum atomic E-state index is -2.80. The van der Waals surface area contributed by atoms with E-state index < -0.39 is 8.32 Å². The molecule has 0 amide bonds. The van der Waals surface area contributed by atoms with E-state index in [0.29, 0.717) is 18.9 Å². The summed E-state index contributed by atoms with van der Waals surface area (Å²) in [6.45, 7) is 8.08. The van der Waals surface area contributed by atoms with E-state index in [0.717, 1.165) is 24.0 Å². The normalized spacial score (nSPS) is 18.9. The first-order valence-corrected chi connectivity index (χ1v) is 17.3. The lowest BCUT2D eigenvalue weighted by Gasteiger charge is -2.45. The molecular weight excluding hydrogens is 563 g/mol. The van der Waals surface area contributed by atoms with Crippen molar-refractivity contribution in [1.29, 1.82) is 5.26 Å². The maximum atomic E-state index is 9.79. The summed E-state index contributed by atoms with van der Waals surface area (Å²) in [4.78, 5) is 6.53. The van der Waals surface area contributed by atoms with Crippen LogP contribution in [0, 0.1) is 17.2 Å². The van der Waals surface area contributed by atoms with Crippen LogP contribution in [0.25, 0.3) is 0 Å². The Morgan fingerprint density at radius 2 is 1.52 bits per heavy atom. The lowest BCUT2D eigenvalue weighted by molar-refractivity contribution is 0.0427. The second kappa shape index (κ2) is 13.8. The average molecular weight is 606 g/mol. The van der Waals surface area contributed by atoms with Gasteiger partial charge in [0.2, 0.25) is 5.76 Å². The van der Waals surface area contributed by atoms with E-state index in [4.69, 9.17) is 13.6 Å². The molecule has 4 aromatic rings. The Morgan fingerprint density at radius 1 is 0.932 bits per heavy atom. The van der Waals surface area contributed by atoms with Crippen molar-refractivity contribution in [2.75, 3.05) is 20.7 Å². The van der Waals surface area contributed by atoms with Gasteiger partial charge < -0.3 is 18.5 Å². The molecule has 1 heterocycles. The molecule has 1 aliphatic carbocycles. The number of benzene rings is 3. The SMILES string of the molecule is CN(C)/C=N\c1c(C2C[C@@H](COCc3ccccc3)[C@H](O[Si](c3ccccc3)(c3ccccc3)C(C)(C)C)C2)coc1C#N. The third-order valence-electron chi connectivity index (χ3n) is 8.57. The maximum absolute atomic E-state index is 9.79. The Balaban J connectivity index is 1.54. The van der Waals surface area contributed by atoms with E-state index in [1.807, 2.05) is 37.2 Å². The predicted octanol–water partition coefficient (Wildman–Crippen LogP) is 7.03. The third-order valence-corrected chi connectivity index (χ3v) is 13.6. The van der Waals surface area contributed by atoms with E-state index in [1.54, 1.807) is 12.6 Å². The number of hydrogen-bond donors (Lipinski definition) is 0. The van der Waals surface area contributed by atoms with Crippen molar-refractivity contribution in [3.8, 4) is 6.07 Å². The summed E-state index contributed by atoms with van der Waals surface area (Å²) in [6, 6.07) is 34.1. The molecule has 3 aromatic carbocycles. The molecule has 3 atom stereocenters. The van der Waals surface area contributed by atoms with Crippen molar-refractivity contribution in [1.82, 2.24) is 4.90 Å². The smallest absolute Gasteiger partial charge is 0.261 e. The van der Waals surface area contributed by atoms with E-state index in [2.05, 4.69) is 105 Å². The fourth-order valence-electron chi connectivity index (χ4n) is 6.52. The largest absolute Gasteiger partial charge is 0.451 e. The highest BCUT2D eigenvalue weighted by Crippen LogP contribution is 2.48. The van der Waals surface area contributed by atoms with Crippen LogP contribution in [0.5, 0.6) is 0 Å². The number of furan rings is 1. The van der Waals surface area contributed by atoms with Crippen LogP contribution in [-0.4, -0.2) is 46.4 Å². The molecule has 44 heavy (non-hydrogen) atoms. The molecule has 7 heteroatoms. The molecule has 6 nitrogen and oxygen atoms in total. The summed E-state index contributed by atoms with van der Waals surface area (Å²) in [7, 11) is 1.03. The van der Waals surface area contributed by atoms with Crippen LogP contribution in [0.3, 0.4) is 0 Å². The monoisotopic (exact) mass is 605 g/mol. The molecule has 1 unspecified atom stereocenters. The van der Waals surface area contributed by atoms with Crippen molar-refractivity contribution in [3.05, 3.63) is 114 Å². The Morgan fingerprint density at radius 3 is 2.07 bits per heavy atom. The average Bonchev–Trinajstić information content (AvgIpc) is 3.62. The predicted molar refractivity (Wildman–Crippen MR) is 179 cm³/mol. The topological polar surface area (TPSA) is 71.0 Å². The summed E-state index contributed by atoms with van der Waals surface area (Å²) < 4.78 is 19.8. The van der Waals surface area contributed by atoms with Gasteiger partial charge in [-0.2, -0.15) is 5.26 Å². The van der Waals surface area contributed by atoms with Crippen molar-refractivity contribution < 1.29 is 13.6 Å². The van der Waals surface area contributed by atoms with Gasteiger partial charge in [-0.3, -0.25) is 0 Å². The second-order valence-corrected chi connectivity index (χ2v) is 17.2. The number of nitrogens with zero attached hydrogens (tertiary/aromatic N) is 3. The van der Waals surface area contributed by atoms with Gasteiger partial charge in [-0.05, 0) is 39.7 Å². The first-order chi connectivity index (χ1) is 21.2. The number of rotatable bonds is 11. The minimum Gasteiger partial charge on any atom is -0.451 e. The van der Waals surface area contributed by atoms with Gasteiger partial charge in [-0.15, -0.1) is 0 Å². The summed E-state index contributed by atoms with van der Waals surface area (Å²) in [5.41, 5.74) is 2.72. The molecule has 0 N–H and O–H groups in total. The highest BCUT2D eigenvalue weighted by Gasteiger charge is 2.53. The Labute approximate surface area is 263 Å². The molecular formula is C37H43N3O3Si. The van der Waals surface area contributed by atoms with Gasteiger partial charge in [-0.1, -0.05) is 112 Å². The second-order valence-electron chi connectivity index (χ2n) is 12.9. The van der Waals surface area contributed by atoms with Gasteiger partial charge in [0, 0.05) is 25.6 Å². The zero-order chi connectivity index (χ0) is 31.2. The lowest BCUT2D eigenvalue weighted by atomic mass is 9.97. The molecule has 1 saturated carbocycles. The van der Waals surface area contributed by atoms with Gasteiger partial charge in [0.15, 0.2) is 0 Å². The Hall–Kier alpha value is -3.96. The number of nitriles is 1. The van der Waals surface area contributed by atoms with Crippen LogP contribution in [0.1, 0.15) is 56.4 Å². The quantitative estimate of drug-likeness (QED) is 0.104.